The predicted octanol–water partition coefficient (Wildman–Crippen LogP) is 2.75. The van der Waals surface area contributed by atoms with Gasteiger partial charge in [-0.05, 0) is 31.5 Å². The molecule has 0 heterocycles. The highest BCUT2D eigenvalue weighted by Crippen LogP contribution is 2.16. The Morgan fingerprint density at radius 2 is 2.25 bits per heavy atom. The first-order chi connectivity index (χ1) is 7.54. The number of ether oxygens (including phenoxy) is 1. The van der Waals surface area contributed by atoms with Gasteiger partial charge in [0.2, 0.25) is 0 Å². The fraction of sp³-hybridized carbons (Fsp3) is 0.417. The molecule has 0 spiro atoms. The van der Waals surface area contributed by atoms with E-state index in [1.807, 2.05) is 13.8 Å². The van der Waals surface area contributed by atoms with Gasteiger partial charge in [-0.3, -0.25) is 0 Å². The van der Waals surface area contributed by atoms with Crippen LogP contribution in [0.3, 0.4) is 0 Å². The van der Waals surface area contributed by atoms with Gasteiger partial charge in [-0.1, -0.05) is 13.3 Å². The van der Waals surface area contributed by atoms with Gasteiger partial charge in [0.1, 0.15) is 5.82 Å². The molecule has 1 atom stereocenters. The molecule has 0 saturated carbocycles. The summed E-state index contributed by atoms with van der Waals surface area (Å²) in [5.41, 5.74) is 5.85. The van der Waals surface area contributed by atoms with Crippen LogP contribution in [0.25, 0.3) is 0 Å². The van der Waals surface area contributed by atoms with Crippen molar-refractivity contribution < 1.29 is 13.9 Å². The summed E-state index contributed by atoms with van der Waals surface area (Å²) in [6, 6.07) is 3.64. The summed E-state index contributed by atoms with van der Waals surface area (Å²) >= 11 is 0. The number of esters is 1. The average molecular weight is 225 g/mol. The first-order valence-corrected chi connectivity index (χ1v) is 5.30. The van der Waals surface area contributed by atoms with Gasteiger partial charge in [-0.25, -0.2) is 9.18 Å². The summed E-state index contributed by atoms with van der Waals surface area (Å²) in [5.74, 6) is -0.964. The zero-order valence-electron chi connectivity index (χ0n) is 9.50. The minimum atomic E-state index is -0.501. The van der Waals surface area contributed by atoms with Crippen LogP contribution in [-0.4, -0.2) is 12.1 Å². The van der Waals surface area contributed by atoms with E-state index in [1.54, 1.807) is 0 Å². The van der Waals surface area contributed by atoms with Gasteiger partial charge in [0.15, 0.2) is 0 Å². The number of nitrogen functional groups attached to an aromatic ring is 1. The Bertz CT molecular complexity index is 379. The van der Waals surface area contributed by atoms with Crippen LogP contribution in [0.5, 0.6) is 0 Å². The molecular formula is C12H16FNO2. The average Bonchev–Trinajstić information content (AvgIpc) is 2.17. The van der Waals surface area contributed by atoms with E-state index < -0.39 is 11.8 Å². The Morgan fingerprint density at radius 3 is 2.81 bits per heavy atom. The SMILES string of the molecule is CCCC(C)OC(=O)c1ccc(F)cc1N. The molecule has 0 aliphatic heterocycles. The van der Waals surface area contributed by atoms with E-state index in [9.17, 15) is 9.18 Å². The van der Waals surface area contributed by atoms with Gasteiger partial charge >= 0.3 is 5.97 Å². The number of hydrogen-bond donors (Lipinski definition) is 1. The first-order valence-electron chi connectivity index (χ1n) is 5.30. The van der Waals surface area contributed by atoms with Gasteiger partial charge in [-0.15, -0.1) is 0 Å². The summed E-state index contributed by atoms with van der Waals surface area (Å²) in [6.07, 6.45) is 1.59. The van der Waals surface area contributed by atoms with Crippen molar-refractivity contribution in [3.8, 4) is 0 Å². The van der Waals surface area contributed by atoms with Crippen LogP contribution in [0, 0.1) is 5.82 Å². The lowest BCUT2D eigenvalue weighted by atomic mass is 10.1. The molecule has 0 bridgehead atoms. The molecule has 1 aromatic carbocycles. The van der Waals surface area contributed by atoms with Crippen molar-refractivity contribution in [1.29, 1.82) is 0 Å². The second-order valence-electron chi connectivity index (χ2n) is 3.74. The first kappa shape index (κ1) is 12.5. The second kappa shape index (κ2) is 5.49. The molecule has 3 nitrogen and oxygen atoms in total. The zero-order chi connectivity index (χ0) is 12.1. The van der Waals surface area contributed by atoms with Gasteiger partial charge < -0.3 is 10.5 Å². The third-order valence-corrected chi connectivity index (χ3v) is 2.24. The zero-order valence-corrected chi connectivity index (χ0v) is 9.50. The molecule has 4 heteroatoms. The van der Waals surface area contributed by atoms with Gasteiger partial charge in [0, 0.05) is 5.69 Å². The standard InChI is InChI=1S/C12H16FNO2/c1-3-4-8(2)16-12(15)10-6-5-9(13)7-11(10)14/h5-8H,3-4,14H2,1-2H3. The van der Waals surface area contributed by atoms with Crippen molar-refractivity contribution >= 4 is 11.7 Å². The summed E-state index contributed by atoms with van der Waals surface area (Å²) < 4.78 is 17.9. The molecule has 2 N–H and O–H groups in total. The molecule has 0 radical (unpaired) electrons. The fourth-order valence-corrected chi connectivity index (χ4v) is 1.43. The molecule has 0 amide bonds. The summed E-state index contributed by atoms with van der Waals surface area (Å²) in [4.78, 5) is 11.6. The van der Waals surface area contributed by atoms with E-state index in [0.717, 1.165) is 18.9 Å². The number of carbonyl (C=O) groups excluding carboxylic acids is 1. The predicted molar refractivity (Wildman–Crippen MR) is 60.6 cm³/mol. The third kappa shape index (κ3) is 3.22. The molecule has 0 fully saturated rings. The van der Waals surface area contributed by atoms with Crippen molar-refractivity contribution in [2.75, 3.05) is 5.73 Å². The normalized spacial score (nSPS) is 12.2. The Hall–Kier alpha value is -1.58. The van der Waals surface area contributed by atoms with Crippen LogP contribution >= 0.6 is 0 Å². The lowest BCUT2D eigenvalue weighted by Gasteiger charge is -2.12. The van der Waals surface area contributed by atoms with E-state index >= 15 is 0 Å². The second-order valence-corrected chi connectivity index (χ2v) is 3.74. The van der Waals surface area contributed by atoms with E-state index in [-0.39, 0.29) is 17.4 Å². The summed E-state index contributed by atoms with van der Waals surface area (Å²) in [5, 5.41) is 0. The van der Waals surface area contributed by atoms with Gasteiger partial charge in [0.25, 0.3) is 0 Å². The molecule has 0 aliphatic rings. The maximum atomic E-state index is 12.8. The molecule has 1 aromatic rings. The van der Waals surface area contributed by atoms with E-state index in [0.29, 0.717) is 0 Å². The molecular weight excluding hydrogens is 209 g/mol. The maximum Gasteiger partial charge on any atom is 0.340 e. The minimum absolute atomic E-state index is 0.105. The van der Waals surface area contributed by atoms with Gasteiger partial charge in [0.05, 0.1) is 11.7 Å². The van der Waals surface area contributed by atoms with Crippen LogP contribution in [0.4, 0.5) is 10.1 Å². The Balaban J connectivity index is 2.73. The van der Waals surface area contributed by atoms with Gasteiger partial charge in [-0.2, -0.15) is 0 Å². The van der Waals surface area contributed by atoms with Crippen LogP contribution in [0.15, 0.2) is 18.2 Å². The third-order valence-electron chi connectivity index (χ3n) is 2.24. The number of carbonyl (C=O) groups is 1. The van der Waals surface area contributed by atoms with Crippen LogP contribution < -0.4 is 5.73 Å². The molecule has 1 rings (SSSR count). The van der Waals surface area contributed by atoms with Crippen molar-refractivity contribution in [1.82, 2.24) is 0 Å². The fourth-order valence-electron chi connectivity index (χ4n) is 1.43. The summed E-state index contributed by atoms with van der Waals surface area (Å²) in [7, 11) is 0. The van der Waals surface area contributed by atoms with Crippen LogP contribution in [-0.2, 0) is 4.74 Å². The Labute approximate surface area is 94.4 Å². The van der Waals surface area contributed by atoms with Crippen molar-refractivity contribution in [3.05, 3.63) is 29.6 Å². The maximum absolute atomic E-state index is 12.8. The lowest BCUT2D eigenvalue weighted by molar-refractivity contribution is 0.0324. The van der Waals surface area contributed by atoms with Crippen molar-refractivity contribution in [2.45, 2.75) is 32.8 Å². The number of nitrogens with two attached hydrogens (primary N) is 1. The number of hydrogen-bond acceptors (Lipinski definition) is 3. The quantitative estimate of drug-likeness (QED) is 0.633. The van der Waals surface area contributed by atoms with E-state index in [2.05, 4.69) is 0 Å². The number of halogens is 1. The minimum Gasteiger partial charge on any atom is -0.459 e. The molecule has 0 aromatic heterocycles. The number of benzene rings is 1. The molecule has 1 unspecified atom stereocenters. The molecule has 0 aliphatic carbocycles. The van der Waals surface area contributed by atoms with Crippen molar-refractivity contribution in [2.24, 2.45) is 0 Å². The topological polar surface area (TPSA) is 52.3 Å². The number of rotatable bonds is 4. The lowest BCUT2D eigenvalue weighted by Crippen LogP contribution is -2.16. The largest absolute Gasteiger partial charge is 0.459 e. The number of anilines is 1. The van der Waals surface area contributed by atoms with E-state index in [4.69, 9.17) is 10.5 Å². The highest BCUT2D eigenvalue weighted by Gasteiger charge is 2.14. The van der Waals surface area contributed by atoms with Crippen LogP contribution in [0.1, 0.15) is 37.0 Å². The Morgan fingerprint density at radius 1 is 1.56 bits per heavy atom. The molecule has 88 valence electrons. The van der Waals surface area contributed by atoms with Crippen LogP contribution in [0.2, 0.25) is 0 Å². The van der Waals surface area contributed by atoms with E-state index in [1.165, 1.54) is 12.1 Å². The highest BCUT2D eigenvalue weighted by atomic mass is 19.1. The van der Waals surface area contributed by atoms with Crippen molar-refractivity contribution in [3.63, 3.8) is 0 Å². The highest BCUT2D eigenvalue weighted by molar-refractivity contribution is 5.95. The Kier molecular flexibility index (Phi) is 4.28. The monoisotopic (exact) mass is 225 g/mol. The molecule has 0 saturated heterocycles. The smallest absolute Gasteiger partial charge is 0.340 e. The summed E-state index contributed by atoms with van der Waals surface area (Å²) in [6.45, 7) is 3.83. The molecule has 16 heavy (non-hydrogen) atoms.